The molecule has 0 fully saturated rings. The summed E-state index contributed by atoms with van der Waals surface area (Å²) in [5.74, 6) is 0. The van der Waals surface area contributed by atoms with E-state index < -0.39 is 0 Å². The van der Waals surface area contributed by atoms with E-state index in [1.54, 1.807) is 10.9 Å². The highest BCUT2D eigenvalue weighted by atomic mass is 79.9. The van der Waals surface area contributed by atoms with E-state index in [1.807, 2.05) is 24.4 Å². The van der Waals surface area contributed by atoms with Gasteiger partial charge in [-0.15, -0.1) is 0 Å². The van der Waals surface area contributed by atoms with Crippen molar-refractivity contribution in [2.75, 3.05) is 11.9 Å². The number of nitrogens with zero attached hydrogens (tertiary/aromatic N) is 2. The van der Waals surface area contributed by atoms with Gasteiger partial charge in [0.1, 0.15) is 0 Å². The molecule has 0 radical (unpaired) electrons. The summed E-state index contributed by atoms with van der Waals surface area (Å²) >= 11 is 9.31. The Morgan fingerprint density at radius 2 is 2.28 bits per heavy atom. The maximum Gasteiger partial charge on any atom is 0.0640 e. The molecule has 2 aromatic rings. The lowest BCUT2D eigenvalue weighted by atomic mass is 10.3. The SMILES string of the molecule is OCCn1cc(CNc2ccc(Cl)c(Br)c2)cn1. The molecule has 0 aliphatic carbocycles. The molecule has 0 atom stereocenters. The van der Waals surface area contributed by atoms with Crippen LogP contribution in [0.4, 0.5) is 5.69 Å². The Balaban J connectivity index is 1.95. The topological polar surface area (TPSA) is 50.1 Å². The first kappa shape index (κ1) is 13.4. The number of benzene rings is 1. The van der Waals surface area contributed by atoms with Gasteiger partial charge in [-0.3, -0.25) is 4.68 Å². The second-order valence-corrected chi connectivity index (χ2v) is 5.08. The van der Waals surface area contributed by atoms with Crippen LogP contribution < -0.4 is 5.32 Å². The van der Waals surface area contributed by atoms with Gasteiger partial charge in [0.2, 0.25) is 0 Å². The normalized spacial score (nSPS) is 10.6. The van der Waals surface area contributed by atoms with Crippen LogP contribution in [-0.2, 0) is 13.1 Å². The summed E-state index contributed by atoms with van der Waals surface area (Å²) in [6.45, 7) is 1.30. The molecule has 1 aromatic heterocycles. The highest BCUT2D eigenvalue weighted by Gasteiger charge is 2.01. The maximum atomic E-state index is 8.80. The quantitative estimate of drug-likeness (QED) is 0.886. The minimum atomic E-state index is 0.0959. The van der Waals surface area contributed by atoms with Crippen molar-refractivity contribution in [3.63, 3.8) is 0 Å². The summed E-state index contributed by atoms with van der Waals surface area (Å²) in [5.41, 5.74) is 2.05. The van der Waals surface area contributed by atoms with E-state index in [9.17, 15) is 0 Å². The highest BCUT2D eigenvalue weighted by Crippen LogP contribution is 2.25. The van der Waals surface area contributed by atoms with E-state index in [0.29, 0.717) is 18.1 Å². The monoisotopic (exact) mass is 329 g/mol. The molecular weight excluding hydrogens is 318 g/mol. The van der Waals surface area contributed by atoms with Gasteiger partial charge in [0, 0.05) is 28.5 Å². The minimum Gasteiger partial charge on any atom is -0.394 e. The Morgan fingerprint density at radius 3 is 3.00 bits per heavy atom. The van der Waals surface area contributed by atoms with Crippen molar-refractivity contribution in [3.05, 3.63) is 45.7 Å². The van der Waals surface area contributed by atoms with Gasteiger partial charge in [0.15, 0.2) is 0 Å². The van der Waals surface area contributed by atoms with Crippen molar-refractivity contribution in [3.8, 4) is 0 Å². The molecular formula is C12H13BrClN3O. The van der Waals surface area contributed by atoms with Crippen LogP contribution in [0.5, 0.6) is 0 Å². The highest BCUT2D eigenvalue weighted by molar-refractivity contribution is 9.10. The smallest absolute Gasteiger partial charge is 0.0640 e. The van der Waals surface area contributed by atoms with Crippen LogP contribution >= 0.6 is 27.5 Å². The zero-order chi connectivity index (χ0) is 13.0. The number of anilines is 1. The Hall–Kier alpha value is -1.04. The molecule has 0 saturated carbocycles. The number of nitrogens with one attached hydrogen (secondary N) is 1. The third kappa shape index (κ3) is 3.48. The summed E-state index contributed by atoms with van der Waals surface area (Å²) in [4.78, 5) is 0. The third-order valence-electron chi connectivity index (χ3n) is 2.43. The van der Waals surface area contributed by atoms with E-state index in [0.717, 1.165) is 15.7 Å². The fraction of sp³-hybridized carbons (Fsp3) is 0.250. The van der Waals surface area contributed by atoms with Gasteiger partial charge in [0.25, 0.3) is 0 Å². The van der Waals surface area contributed by atoms with Crippen LogP contribution in [0.3, 0.4) is 0 Å². The first-order valence-electron chi connectivity index (χ1n) is 5.50. The predicted octanol–water partition coefficient (Wildman–Crippen LogP) is 2.90. The second kappa shape index (κ2) is 6.22. The van der Waals surface area contributed by atoms with Crippen molar-refractivity contribution in [2.24, 2.45) is 0 Å². The van der Waals surface area contributed by atoms with Gasteiger partial charge in [0.05, 0.1) is 24.4 Å². The zero-order valence-electron chi connectivity index (χ0n) is 9.61. The van der Waals surface area contributed by atoms with E-state index in [4.69, 9.17) is 16.7 Å². The molecule has 96 valence electrons. The number of aliphatic hydroxyl groups is 1. The summed E-state index contributed by atoms with van der Waals surface area (Å²) in [6, 6.07) is 5.69. The van der Waals surface area contributed by atoms with Gasteiger partial charge in [-0.25, -0.2) is 0 Å². The lowest BCUT2D eigenvalue weighted by molar-refractivity contribution is 0.269. The molecule has 2 rings (SSSR count). The van der Waals surface area contributed by atoms with Crippen molar-refractivity contribution in [1.82, 2.24) is 9.78 Å². The molecule has 4 nitrogen and oxygen atoms in total. The number of aromatic nitrogens is 2. The second-order valence-electron chi connectivity index (χ2n) is 3.82. The van der Waals surface area contributed by atoms with Crippen LogP contribution in [0, 0.1) is 0 Å². The molecule has 0 saturated heterocycles. The molecule has 0 aliphatic rings. The van der Waals surface area contributed by atoms with E-state index >= 15 is 0 Å². The molecule has 0 aliphatic heterocycles. The van der Waals surface area contributed by atoms with Gasteiger partial charge >= 0.3 is 0 Å². The van der Waals surface area contributed by atoms with Crippen LogP contribution in [0.25, 0.3) is 0 Å². The molecule has 18 heavy (non-hydrogen) atoms. The first-order valence-corrected chi connectivity index (χ1v) is 6.67. The lowest BCUT2D eigenvalue weighted by Gasteiger charge is -2.06. The summed E-state index contributed by atoms with van der Waals surface area (Å²) in [6.07, 6.45) is 3.70. The molecule has 0 bridgehead atoms. The fourth-order valence-corrected chi connectivity index (χ4v) is 2.03. The van der Waals surface area contributed by atoms with Gasteiger partial charge in [-0.05, 0) is 34.1 Å². The largest absolute Gasteiger partial charge is 0.394 e. The third-order valence-corrected chi connectivity index (χ3v) is 3.65. The Kier molecular flexibility index (Phi) is 4.63. The maximum absolute atomic E-state index is 8.80. The molecule has 0 amide bonds. The fourth-order valence-electron chi connectivity index (χ4n) is 1.53. The number of aliphatic hydroxyl groups excluding tert-OH is 1. The Labute approximate surface area is 119 Å². The van der Waals surface area contributed by atoms with Crippen molar-refractivity contribution in [1.29, 1.82) is 0 Å². The van der Waals surface area contributed by atoms with Crippen molar-refractivity contribution < 1.29 is 5.11 Å². The summed E-state index contributed by atoms with van der Waals surface area (Å²) < 4.78 is 2.58. The predicted molar refractivity (Wildman–Crippen MR) is 75.8 cm³/mol. The number of hydrogen-bond donors (Lipinski definition) is 2. The Bertz CT molecular complexity index is 530. The zero-order valence-corrected chi connectivity index (χ0v) is 11.9. The number of rotatable bonds is 5. The lowest BCUT2D eigenvalue weighted by Crippen LogP contribution is -2.02. The minimum absolute atomic E-state index is 0.0959. The van der Waals surface area contributed by atoms with Crippen molar-refractivity contribution in [2.45, 2.75) is 13.1 Å². The molecule has 2 N–H and O–H groups in total. The molecule has 0 spiro atoms. The van der Waals surface area contributed by atoms with Gasteiger partial charge in [-0.1, -0.05) is 11.6 Å². The van der Waals surface area contributed by atoms with E-state index in [1.165, 1.54) is 0 Å². The summed E-state index contributed by atoms with van der Waals surface area (Å²) in [5, 5.41) is 16.9. The van der Waals surface area contributed by atoms with Crippen LogP contribution in [0.15, 0.2) is 35.1 Å². The van der Waals surface area contributed by atoms with Gasteiger partial charge in [-0.2, -0.15) is 5.10 Å². The van der Waals surface area contributed by atoms with Gasteiger partial charge < -0.3 is 10.4 Å². The standard InChI is InChI=1S/C12H13BrClN3O/c13-11-5-10(1-2-12(11)14)15-6-9-7-16-17(8-9)3-4-18/h1-2,5,7-8,15,18H,3-4,6H2. The van der Waals surface area contributed by atoms with E-state index in [2.05, 4.69) is 26.3 Å². The number of hydrogen-bond acceptors (Lipinski definition) is 3. The summed E-state index contributed by atoms with van der Waals surface area (Å²) in [7, 11) is 0. The van der Waals surface area contributed by atoms with Crippen LogP contribution in [-0.4, -0.2) is 21.5 Å². The molecule has 6 heteroatoms. The molecule has 1 aromatic carbocycles. The average Bonchev–Trinajstić information content (AvgIpc) is 2.79. The molecule has 1 heterocycles. The molecule has 0 unspecified atom stereocenters. The number of halogens is 2. The average molecular weight is 331 g/mol. The van der Waals surface area contributed by atoms with E-state index in [-0.39, 0.29) is 6.61 Å². The first-order chi connectivity index (χ1) is 8.69. The Morgan fingerprint density at radius 1 is 1.44 bits per heavy atom. The van der Waals surface area contributed by atoms with Crippen LogP contribution in [0.1, 0.15) is 5.56 Å². The van der Waals surface area contributed by atoms with Crippen molar-refractivity contribution >= 4 is 33.2 Å². The van der Waals surface area contributed by atoms with Crippen LogP contribution in [0.2, 0.25) is 5.02 Å².